The van der Waals surface area contributed by atoms with Gasteiger partial charge in [-0.1, -0.05) is 44.7 Å². The molecule has 0 atom stereocenters. The lowest BCUT2D eigenvalue weighted by atomic mass is 9.87. The minimum atomic E-state index is 0.0473. The van der Waals surface area contributed by atoms with Crippen LogP contribution in [0.25, 0.3) is 11.5 Å². The smallest absolute Gasteiger partial charge is 0.277 e. The Labute approximate surface area is 182 Å². The van der Waals surface area contributed by atoms with Gasteiger partial charge in [0.15, 0.2) is 5.78 Å². The maximum Gasteiger partial charge on any atom is 0.277 e. The summed E-state index contributed by atoms with van der Waals surface area (Å²) < 4.78 is 13.0. The first kappa shape index (κ1) is 22.3. The predicted molar refractivity (Wildman–Crippen MR) is 119 cm³/mol. The maximum atomic E-state index is 12.7. The first-order valence-corrected chi connectivity index (χ1v) is 11.0. The molecule has 0 radical (unpaired) electrons. The second kappa shape index (κ2) is 9.18. The van der Waals surface area contributed by atoms with Gasteiger partial charge in [0.05, 0.1) is 12.4 Å². The van der Waals surface area contributed by atoms with Crippen molar-refractivity contribution in [2.45, 2.75) is 51.8 Å². The average molecular weight is 428 g/mol. The molecule has 0 saturated carbocycles. The van der Waals surface area contributed by atoms with Gasteiger partial charge in [-0.2, -0.15) is 0 Å². The number of hydrogen-bond donors (Lipinski definition) is 0. The summed E-state index contributed by atoms with van der Waals surface area (Å²) >= 11 is 1.26. The van der Waals surface area contributed by atoms with Gasteiger partial charge >= 0.3 is 0 Å². The van der Waals surface area contributed by atoms with E-state index in [0.717, 1.165) is 29.1 Å². The monoisotopic (exact) mass is 427 g/mol. The van der Waals surface area contributed by atoms with E-state index >= 15 is 0 Å². The number of benzene rings is 1. The molecule has 0 aliphatic heterocycles. The van der Waals surface area contributed by atoms with Crippen LogP contribution < -0.4 is 0 Å². The normalized spacial score (nSPS) is 11.8. The number of nitrogens with zero attached hydrogens (tertiary/aromatic N) is 3. The molecule has 30 heavy (non-hydrogen) atoms. The van der Waals surface area contributed by atoms with Crippen molar-refractivity contribution in [2.24, 2.45) is 0 Å². The molecule has 3 aromatic rings. The lowest BCUT2D eigenvalue weighted by molar-refractivity contribution is 0.102. The first-order valence-electron chi connectivity index (χ1n) is 9.97. The molecule has 0 aliphatic rings. The molecule has 0 amide bonds. The van der Waals surface area contributed by atoms with Crippen molar-refractivity contribution >= 4 is 17.5 Å². The van der Waals surface area contributed by atoms with Crippen LogP contribution in [0.5, 0.6) is 0 Å². The summed E-state index contributed by atoms with van der Waals surface area (Å²) in [5.41, 5.74) is 4.95. The largest absolute Gasteiger partial charge is 0.411 e. The molecule has 0 aliphatic carbocycles. The fourth-order valence-corrected chi connectivity index (χ4v) is 3.96. The van der Waals surface area contributed by atoms with Gasteiger partial charge in [0.1, 0.15) is 0 Å². The highest BCUT2D eigenvalue weighted by atomic mass is 32.2. The van der Waals surface area contributed by atoms with Gasteiger partial charge in [0, 0.05) is 36.2 Å². The zero-order valence-electron chi connectivity index (χ0n) is 18.5. The molecule has 0 spiro atoms. The quantitative estimate of drug-likeness (QED) is 0.369. The van der Waals surface area contributed by atoms with Crippen molar-refractivity contribution in [2.75, 3.05) is 19.5 Å². The molecule has 0 saturated heterocycles. The third-order valence-corrected chi connectivity index (χ3v) is 5.94. The summed E-state index contributed by atoms with van der Waals surface area (Å²) in [6.07, 6.45) is 0. The summed E-state index contributed by atoms with van der Waals surface area (Å²) in [6, 6.07) is 10.1. The third-order valence-electron chi connectivity index (χ3n) is 5.12. The highest BCUT2D eigenvalue weighted by molar-refractivity contribution is 7.99. The van der Waals surface area contributed by atoms with Crippen molar-refractivity contribution < 1.29 is 13.9 Å². The Morgan fingerprint density at radius 3 is 2.50 bits per heavy atom. The van der Waals surface area contributed by atoms with Crippen LogP contribution in [-0.2, 0) is 16.7 Å². The average Bonchev–Trinajstić information content (AvgIpc) is 3.29. The third kappa shape index (κ3) is 5.02. The molecule has 2 heterocycles. The number of aryl methyl sites for hydroxylation is 1. The summed E-state index contributed by atoms with van der Waals surface area (Å²) in [5, 5.41) is 8.61. The predicted octanol–water partition coefficient (Wildman–Crippen LogP) is 5.07. The topological polar surface area (TPSA) is 70.2 Å². The second-order valence-corrected chi connectivity index (χ2v) is 9.27. The Hall–Kier alpha value is -2.38. The SMILES string of the molecule is COCCn1c(C)cc(C(=O)CSc2nnc(-c3ccc(C(C)(C)C)cc3)o2)c1C. The van der Waals surface area contributed by atoms with Crippen molar-refractivity contribution in [1.29, 1.82) is 0 Å². The van der Waals surface area contributed by atoms with E-state index < -0.39 is 0 Å². The zero-order chi connectivity index (χ0) is 21.9. The van der Waals surface area contributed by atoms with Gasteiger partial charge in [0.2, 0.25) is 5.89 Å². The highest BCUT2D eigenvalue weighted by Gasteiger charge is 2.18. The summed E-state index contributed by atoms with van der Waals surface area (Å²) in [4.78, 5) is 12.7. The van der Waals surface area contributed by atoms with Gasteiger partial charge in [0.25, 0.3) is 5.22 Å². The van der Waals surface area contributed by atoms with E-state index in [0.29, 0.717) is 17.7 Å². The number of thioether (sulfide) groups is 1. The fraction of sp³-hybridized carbons (Fsp3) is 0.435. The second-order valence-electron chi connectivity index (χ2n) is 8.34. The van der Waals surface area contributed by atoms with Crippen LogP contribution in [0, 0.1) is 13.8 Å². The van der Waals surface area contributed by atoms with Crippen LogP contribution in [0.15, 0.2) is 40.0 Å². The highest BCUT2D eigenvalue weighted by Crippen LogP contribution is 2.28. The molecule has 6 nitrogen and oxygen atoms in total. The molecular weight excluding hydrogens is 398 g/mol. The summed E-state index contributed by atoms with van der Waals surface area (Å²) in [6.45, 7) is 11.8. The van der Waals surface area contributed by atoms with Gasteiger partial charge in [-0.15, -0.1) is 10.2 Å². The fourth-order valence-electron chi connectivity index (χ4n) is 3.31. The molecule has 0 bridgehead atoms. The number of carbonyl (C=O) groups excluding carboxylic acids is 1. The lowest BCUT2D eigenvalue weighted by Crippen LogP contribution is -2.10. The molecule has 3 rings (SSSR count). The van der Waals surface area contributed by atoms with E-state index in [1.807, 2.05) is 32.0 Å². The number of rotatable bonds is 8. The standard InChI is InChI=1S/C23H29N3O3S/c1-15-13-19(16(2)26(15)11-12-28-6)20(27)14-30-22-25-24-21(29-22)17-7-9-18(10-8-17)23(3,4)5/h7-10,13H,11-12,14H2,1-6H3. The van der Waals surface area contributed by atoms with Gasteiger partial charge in [-0.3, -0.25) is 4.79 Å². The summed E-state index contributed by atoms with van der Waals surface area (Å²) in [7, 11) is 1.68. The number of methoxy groups -OCH3 is 1. The molecule has 7 heteroatoms. The van der Waals surface area contributed by atoms with Gasteiger partial charge in [-0.05, 0) is 43.0 Å². The van der Waals surface area contributed by atoms with E-state index in [4.69, 9.17) is 9.15 Å². The molecule has 0 unspecified atom stereocenters. The number of aromatic nitrogens is 3. The number of ether oxygens (including phenoxy) is 1. The Morgan fingerprint density at radius 1 is 1.17 bits per heavy atom. The minimum Gasteiger partial charge on any atom is -0.411 e. The van der Waals surface area contributed by atoms with Crippen LogP contribution in [-0.4, -0.2) is 40.0 Å². The Balaban J connectivity index is 1.65. The molecule has 2 aromatic heterocycles. The first-order chi connectivity index (χ1) is 14.2. The van der Waals surface area contributed by atoms with E-state index in [9.17, 15) is 4.79 Å². The van der Waals surface area contributed by atoms with Crippen molar-refractivity contribution in [1.82, 2.24) is 14.8 Å². The Kier molecular flexibility index (Phi) is 6.83. The molecule has 160 valence electrons. The Morgan fingerprint density at radius 2 is 1.87 bits per heavy atom. The van der Waals surface area contributed by atoms with Crippen molar-refractivity contribution in [3.05, 3.63) is 52.8 Å². The lowest BCUT2D eigenvalue weighted by Gasteiger charge is -2.18. The molecule has 0 N–H and O–H groups in total. The zero-order valence-corrected chi connectivity index (χ0v) is 19.3. The van der Waals surface area contributed by atoms with Crippen LogP contribution in [0.3, 0.4) is 0 Å². The van der Waals surface area contributed by atoms with Crippen LogP contribution in [0.1, 0.15) is 48.1 Å². The molecular formula is C23H29N3O3S. The van der Waals surface area contributed by atoms with E-state index in [2.05, 4.69) is 47.7 Å². The van der Waals surface area contributed by atoms with Gasteiger partial charge < -0.3 is 13.7 Å². The number of ketones is 1. The van der Waals surface area contributed by atoms with Crippen molar-refractivity contribution in [3.8, 4) is 11.5 Å². The maximum absolute atomic E-state index is 12.7. The number of hydrogen-bond acceptors (Lipinski definition) is 6. The Bertz CT molecular complexity index is 1010. The number of Topliss-reactive ketones (excluding diaryl/α,β-unsaturated/α-hetero) is 1. The number of carbonyl (C=O) groups is 1. The van der Waals surface area contributed by atoms with Crippen molar-refractivity contribution in [3.63, 3.8) is 0 Å². The van der Waals surface area contributed by atoms with Crippen LogP contribution in [0.2, 0.25) is 0 Å². The van der Waals surface area contributed by atoms with E-state index in [-0.39, 0.29) is 17.0 Å². The van der Waals surface area contributed by atoms with Gasteiger partial charge in [-0.25, -0.2) is 0 Å². The van der Waals surface area contributed by atoms with Crippen LogP contribution >= 0.6 is 11.8 Å². The van der Waals surface area contributed by atoms with E-state index in [1.54, 1.807) is 7.11 Å². The summed E-state index contributed by atoms with van der Waals surface area (Å²) in [5.74, 6) is 0.758. The van der Waals surface area contributed by atoms with Crippen LogP contribution in [0.4, 0.5) is 0 Å². The molecule has 0 fully saturated rings. The minimum absolute atomic E-state index is 0.0473. The molecule has 1 aromatic carbocycles. The van der Waals surface area contributed by atoms with E-state index in [1.165, 1.54) is 17.3 Å².